The fourth-order valence-electron chi connectivity index (χ4n) is 5.90. The molecule has 4 fully saturated rings. The highest BCUT2D eigenvalue weighted by Crippen LogP contribution is 2.64. The molecule has 9 heteroatoms. The first-order valence-corrected chi connectivity index (χ1v) is 11.6. The minimum atomic E-state index is -0.915. The summed E-state index contributed by atoms with van der Waals surface area (Å²) >= 11 is 0. The molecule has 4 amide bonds. The molecule has 1 saturated carbocycles. The van der Waals surface area contributed by atoms with E-state index in [0.717, 1.165) is 25.9 Å². The van der Waals surface area contributed by atoms with Gasteiger partial charge >= 0.3 is 0 Å². The van der Waals surface area contributed by atoms with Gasteiger partial charge in [-0.15, -0.1) is 0 Å². The van der Waals surface area contributed by atoms with Crippen LogP contribution in [0, 0.1) is 23.2 Å². The third kappa shape index (κ3) is 4.29. The smallest absolute Gasteiger partial charge is 0.243 e. The summed E-state index contributed by atoms with van der Waals surface area (Å²) in [6.45, 7) is 7.58. The standard InChI is InChI=1S/C22H35N5O4/c1-22(2)14-11-27(16(28)12-26-8-4-3-5-9-26)18(17(14)22)21(31)25-15(19(23)29)10-13-6-7-24-20(13)30/h13-15,17-18H,3-12H2,1-2H3,(H2,23,29)(H,24,30)(H,25,31)/t13-,14-,15-,17-,18-/m0/s1. The number of nitrogens with zero attached hydrogens (tertiary/aromatic N) is 2. The Kier molecular flexibility index (Phi) is 5.98. The Morgan fingerprint density at radius 3 is 2.55 bits per heavy atom. The van der Waals surface area contributed by atoms with Crippen molar-refractivity contribution in [1.82, 2.24) is 20.4 Å². The predicted octanol–water partition coefficient (Wildman–Crippen LogP) is -0.548. The van der Waals surface area contributed by atoms with E-state index in [0.29, 0.717) is 32.0 Å². The normalized spacial score (nSPS) is 32.8. The number of carbonyl (C=O) groups excluding carboxylic acids is 4. The minimum absolute atomic E-state index is 0.00251. The average molecular weight is 434 g/mol. The van der Waals surface area contributed by atoms with Gasteiger partial charge in [0.25, 0.3) is 0 Å². The second kappa shape index (κ2) is 8.41. The van der Waals surface area contributed by atoms with Gasteiger partial charge < -0.3 is 21.3 Å². The third-order valence-corrected chi connectivity index (χ3v) is 7.95. The van der Waals surface area contributed by atoms with Crippen LogP contribution in [0.3, 0.4) is 0 Å². The third-order valence-electron chi connectivity index (χ3n) is 7.95. The topological polar surface area (TPSA) is 125 Å². The number of piperidine rings is 2. The summed E-state index contributed by atoms with van der Waals surface area (Å²) in [6.07, 6.45) is 4.22. The van der Waals surface area contributed by atoms with E-state index in [1.165, 1.54) is 6.42 Å². The van der Waals surface area contributed by atoms with Crippen molar-refractivity contribution in [1.29, 1.82) is 0 Å². The van der Waals surface area contributed by atoms with Crippen molar-refractivity contribution in [3.63, 3.8) is 0 Å². The summed E-state index contributed by atoms with van der Waals surface area (Å²) in [6, 6.07) is -1.50. The molecular formula is C22H35N5O4. The number of fused-ring (bicyclic) bond motifs is 1. The maximum Gasteiger partial charge on any atom is 0.243 e. The molecule has 172 valence electrons. The van der Waals surface area contributed by atoms with Gasteiger partial charge in [-0.1, -0.05) is 20.3 Å². The molecule has 3 saturated heterocycles. The van der Waals surface area contributed by atoms with Crippen molar-refractivity contribution in [3.05, 3.63) is 0 Å². The number of carbonyl (C=O) groups is 4. The van der Waals surface area contributed by atoms with E-state index in [2.05, 4.69) is 29.4 Å². The van der Waals surface area contributed by atoms with Crippen molar-refractivity contribution in [3.8, 4) is 0 Å². The van der Waals surface area contributed by atoms with Crippen LogP contribution in [0.1, 0.15) is 46.0 Å². The number of hydrogen-bond donors (Lipinski definition) is 3. The molecule has 3 heterocycles. The average Bonchev–Trinajstić information content (AvgIpc) is 3.09. The molecule has 4 N–H and O–H groups in total. The minimum Gasteiger partial charge on any atom is -0.368 e. The first-order valence-electron chi connectivity index (χ1n) is 11.6. The number of likely N-dealkylation sites (tertiary alicyclic amines) is 2. The zero-order valence-electron chi connectivity index (χ0n) is 18.6. The van der Waals surface area contributed by atoms with E-state index in [1.807, 2.05) is 0 Å². The molecular weight excluding hydrogens is 398 g/mol. The first-order chi connectivity index (χ1) is 14.7. The summed E-state index contributed by atoms with van der Waals surface area (Å²) in [5.74, 6) is -1.05. The molecule has 0 unspecified atom stereocenters. The molecule has 0 bridgehead atoms. The van der Waals surface area contributed by atoms with Gasteiger partial charge in [-0.2, -0.15) is 0 Å². The van der Waals surface area contributed by atoms with E-state index in [-0.39, 0.29) is 41.4 Å². The Morgan fingerprint density at radius 1 is 1.23 bits per heavy atom. The summed E-state index contributed by atoms with van der Waals surface area (Å²) in [5, 5.41) is 5.53. The van der Waals surface area contributed by atoms with Gasteiger partial charge in [0.05, 0.1) is 6.54 Å². The lowest BCUT2D eigenvalue weighted by Crippen LogP contribution is -2.56. The lowest BCUT2D eigenvalue weighted by molar-refractivity contribution is -0.142. The van der Waals surface area contributed by atoms with E-state index in [1.54, 1.807) is 4.90 Å². The van der Waals surface area contributed by atoms with Gasteiger partial charge in [-0.3, -0.25) is 24.1 Å². The number of primary amides is 1. The molecule has 4 aliphatic rings. The molecule has 9 nitrogen and oxygen atoms in total. The summed E-state index contributed by atoms with van der Waals surface area (Å²) < 4.78 is 0. The molecule has 0 spiro atoms. The summed E-state index contributed by atoms with van der Waals surface area (Å²) in [7, 11) is 0. The summed E-state index contributed by atoms with van der Waals surface area (Å²) in [5.41, 5.74) is 5.55. The molecule has 0 aromatic carbocycles. The van der Waals surface area contributed by atoms with Gasteiger partial charge in [0, 0.05) is 19.0 Å². The highest BCUT2D eigenvalue weighted by molar-refractivity contribution is 5.93. The Labute approximate surface area is 183 Å². The van der Waals surface area contributed by atoms with Gasteiger partial charge in [0.1, 0.15) is 12.1 Å². The second-order valence-electron chi connectivity index (χ2n) is 10.3. The molecule has 4 rings (SSSR count). The first kappa shape index (κ1) is 22.0. The van der Waals surface area contributed by atoms with Crippen molar-refractivity contribution >= 4 is 23.6 Å². The van der Waals surface area contributed by atoms with Gasteiger partial charge in [-0.05, 0) is 56.0 Å². The van der Waals surface area contributed by atoms with Crippen LogP contribution < -0.4 is 16.4 Å². The Bertz CT molecular complexity index is 763. The fourth-order valence-corrected chi connectivity index (χ4v) is 5.90. The Balaban J connectivity index is 1.44. The van der Waals surface area contributed by atoms with Crippen LogP contribution >= 0.6 is 0 Å². The number of nitrogens with two attached hydrogens (primary N) is 1. The largest absolute Gasteiger partial charge is 0.368 e. The van der Waals surface area contributed by atoms with Crippen molar-refractivity contribution in [2.45, 2.75) is 58.0 Å². The monoisotopic (exact) mass is 433 g/mol. The van der Waals surface area contributed by atoms with Crippen molar-refractivity contribution in [2.24, 2.45) is 28.9 Å². The van der Waals surface area contributed by atoms with E-state index >= 15 is 0 Å². The maximum absolute atomic E-state index is 13.3. The number of rotatable bonds is 7. The SMILES string of the molecule is CC1(C)[C@@H]2[C@@H](C(=O)N[C@@H](C[C@@H]3CCNC3=O)C(N)=O)N(C(=O)CN3CCCCC3)C[C@@H]21. The van der Waals surface area contributed by atoms with Crippen LogP contribution in [0.25, 0.3) is 0 Å². The molecule has 0 aromatic heterocycles. The molecule has 5 atom stereocenters. The van der Waals surface area contributed by atoms with E-state index < -0.39 is 18.0 Å². The van der Waals surface area contributed by atoms with Gasteiger partial charge in [0.15, 0.2) is 0 Å². The lowest BCUT2D eigenvalue weighted by Gasteiger charge is -2.34. The van der Waals surface area contributed by atoms with Crippen LogP contribution in [-0.2, 0) is 19.2 Å². The molecule has 31 heavy (non-hydrogen) atoms. The van der Waals surface area contributed by atoms with Crippen LogP contribution in [0.5, 0.6) is 0 Å². The number of nitrogens with one attached hydrogen (secondary N) is 2. The number of amides is 4. The van der Waals surface area contributed by atoms with Crippen LogP contribution in [0.15, 0.2) is 0 Å². The maximum atomic E-state index is 13.3. The zero-order chi connectivity index (χ0) is 22.3. The van der Waals surface area contributed by atoms with E-state index in [4.69, 9.17) is 5.73 Å². The Hall–Kier alpha value is -2.16. The number of hydrogen-bond acceptors (Lipinski definition) is 5. The van der Waals surface area contributed by atoms with Gasteiger partial charge in [-0.25, -0.2) is 0 Å². The van der Waals surface area contributed by atoms with Crippen LogP contribution in [-0.4, -0.2) is 78.2 Å². The van der Waals surface area contributed by atoms with Crippen molar-refractivity contribution in [2.75, 3.05) is 32.7 Å². The van der Waals surface area contributed by atoms with Crippen LogP contribution in [0.4, 0.5) is 0 Å². The highest BCUT2D eigenvalue weighted by atomic mass is 16.2. The quantitative estimate of drug-likeness (QED) is 0.497. The van der Waals surface area contributed by atoms with Crippen LogP contribution in [0.2, 0.25) is 0 Å². The zero-order valence-corrected chi connectivity index (χ0v) is 18.6. The second-order valence-corrected chi connectivity index (χ2v) is 10.3. The Morgan fingerprint density at radius 2 is 1.94 bits per heavy atom. The van der Waals surface area contributed by atoms with E-state index in [9.17, 15) is 19.2 Å². The fraction of sp³-hybridized carbons (Fsp3) is 0.818. The molecule has 0 aromatic rings. The van der Waals surface area contributed by atoms with Crippen molar-refractivity contribution < 1.29 is 19.2 Å². The van der Waals surface area contributed by atoms with Gasteiger partial charge in [0.2, 0.25) is 23.6 Å². The molecule has 0 radical (unpaired) electrons. The predicted molar refractivity (Wildman–Crippen MR) is 113 cm³/mol. The lowest BCUT2D eigenvalue weighted by atomic mass is 9.96. The highest BCUT2D eigenvalue weighted by Gasteiger charge is 2.69. The molecule has 1 aliphatic carbocycles. The summed E-state index contributed by atoms with van der Waals surface area (Å²) in [4.78, 5) is 54.3. The molecule has 3 aliphatic heterocycles.